The molecule has 2 aromatic rings. The molecule has 0 aliphatic carbocycles. The van der Waals surface area contributed by atoms with E-state index >= 15 is 0 Å². The Bertz CT molecular complexity index is 1650. The monoisotopic (exact) mass is 733 g/mol. The Balaban J connectivity index is 1.12. The maximum atomic E-state index is 13.2. The van der Waals surface area contributed by atoms with Crippen LogP contribution in [0.5, 0.6) is 0 Å². The quantitative estimate of drug-likeness (QED) is 0.186. The highest BCUT2D eigenvalue weighted by Gasteiger charge is 2.39. The second-order valence-corrected chi connectivity index (χ2v) is 14.2. The van der Waals surface area contributed by atoms with Gasteiger partial charge in [0.15, 0.2) is 0 Å². The van der Waals surface area contributed by atoms with Crippen LogP contribution in [0.4, 0.5) is 21.0 Å². The number of nitrogens with one attached hydrogen (secondary N) is 5. The van der Waals surface area contributed by atoms with Crippen molar-refractivity contribution in [2.24, 2.45) is 5.92 Å². The van der Waals surface area contributed by atoms with Gasteiger partial charge in [-0.3, -0.25) is 19.2 Å². The zero-order valence-electron chi connectivity index (χ0n) is 30.7. The number of anilines is 2. The number of rotatable bonds is 12. The third-order valence-electron chi connectivity index (χ3n) is 10.4. The van der Waals surface area contributed by atoms with Crippen LogP contribution < -0.4 is 26.6 Å². The molecular formula is C38H51N7O8. The van der Waals surface area contributed by atoms with Gasteiger partial charge in [-0.2, -0.15) is 0 Å². The fourth-order valence-corrected chi connectivity index (χ4v) is 7.49. The lowest BCUT2D eigenvalue weighted by atomic mass is 10.0. The highest BCUT2D eigenvalue weighted by atomic mass is 16.5. The zero-order chi connectivity index (χ0) is 38.2. The number of likely N-dealkylation sites (tertiary alicyclic amines) is 2. The Kier molecular flexibility index (Phi) is 12.9. The molecule has 0 saturated carbocycles. The van der Waals surface area contributed by atoms with Crippen LogP contribution in [0.25, 0.3) is 0 Å². The molecule has 1 unspecified atom stereocenters. The summed E-state index contributed by atoms with van der Waals surface area (Å²) in [6.45, 7) is 6.15. The van der Waals surface area contributed by atoms with Gasteiger partial charge in [0.05, 0.1) is 7.11 Å². The number of carbonyl (C=O) groups excluding carboxylic acids is 5. The second-order valence-electron chi connectivity index (χ2n) is 14.2. The Labute approximate surface area is 309 Å². The van der Waals surface area contributed by atoms with Crippen molar-refractivity contribution in [2.45, 2.75) is 102 Å². The number of methoxy groups -OCH3 is 1. The number of carbonyl (C=O) groups is 6. The lowest BCUT2D eigenvalue weighted by molar-refractivity contribution is -0.139. The first kappa shape index (κ1) is 39.0. The predicted molar refractivity (Wildman–Crippen MR) is 197 cm³/mol. The molecule has 0 spiro atoms. The van der Waals surface area contributed by atoms with Crippen molar-refractivity contribution in [3.8, 4) is 0 Å². The molecule has 286 valence electrons. The molecule has 2 aromatic carbocycles. The third-order valence-corrected chi connectivity index (χ3v) is 10.4. The van der Waals surface area contributed by atoms with Crippen LogP contribution >= 0.6 is 0 Å². The molecule has 15 nitrogen and oxygen atoms in total. The Morgan fingerprint density at radius 2 is 1.23 bits per heavy atom. The average Bonchev–Trinajstić information content (AvgIpc) is 3.94. The molecule has 3 aliphatic heterocycles. The summed E-state index contributed by atoms with van der Waals surface area (Å²) in [5.74, 6) is -1.52. The average molecular weight is 734 g/mol. The smallest absolute Gasteiger partial charge is 0.407 e. The largest absolute Gasteiger partial charge is 0.465 e. The molecule has 6 N–H and O–H groups in total. The van der Waals surface area contributed by atoms with E-state index in [2.05, 4.69) is 31.3 Å². The highest BCUT2D eigenvalue weighted by molar-refractivity contribution is 5.99. The third kappa shape index (κ3) is 9.44. The summed E-state index contributed by atoms with van der Waals surface area (Å²) in [5.41, 5.74) is 3.41. The number of hydrogen-bond acceptors (Lipinski definition) is 8. The van der Waals surface area contributed by atoms with Gasteiger partial charge in [-0.1, -0.05) is 45.0 Å². The maximum Gasteiger partial charge on any atom is 0.407 e. The van der Waals surface area contributed by atoms with Crippen molar-refractivity contribution in [1.82, 2.24) is 25.8 Å². The van der Waals surface area contributed by atoms with E-state index < -0.39 is 42.3 Å². The summed E-state index contributed by atoms with van der Waals surface area (Å²) in [6, 6.07) is 12.6. The van der Waals surface area contributed by atoms with E-state index in [9.17, 15) is 33.9 Å². The molecular weight excluding hydrogens is 682 g/mol. The molecule has 6 atom stereocenters. The fraction of sp³-hybridized carbons (Fsp3) is 0.526. The lowest BCUT2D eigenvalue weighted by Crippen LogP contribution is -2.54. The Hall–Kier alpha value is -5.18. The molecule has 3 saturated heterocycles. The van der Waals surface area contributed by atoms with Gasteiger partial charge >= 0.3 is 12.2 Å². The van der Waals surface area contributed by atoms with Gasteiger partial charge in [-0.05, 0) is 86.3 Å². The minimum atomic E-state index is -1.28. The molecule has 3 heterocycles. The fourth-order valence-electron chi connectivity index (χ4n) is 7.49. The van der Waals surface area contributed by atoms with Crippen molar-refractivity contribution in [1.29, 1.82) is 0 Å². The molecule has 3 fully saturated rings. The van der Waals surface area contributed by atoms with Crippen LogP contribution in [0.1, 0.15) is 88.9 Å². The molecule has 15 heteroatoms. The summed E-state index contributed by atoms with van der Waals surface area (Å²) in [4.78, 5) is 78.8. The van der Waals surface area contributed by atoms with E-state index in [-0.39, 0.29) is 35.7 Å². The van der Waals surface area contributed by atoms with E-state index in [1.807, 2.05) is 48.5 Å². The van der Waals surface area contributed by atoms with Gasteiger partial charge in [0.1, 0.15) is 24.2 Å². The number of hydrogen-bond donors (Lipinski definition) is 6. The molecule has 53 heavy (non-hydrogen) atoms. The van der Waals surface area contributed by atoms with Crippen molar-refractivity contribution in [2.75, 3.05) is 30.8 Å². The molecule has 5 rings (SSSR count). The number of amides is 6. The van der Waals surface area contributed by atoms with E-state index in [0.29, 0.717) is 56.6 Å². The second kappa shape index (κ2) is 17.6. The Morgan fingerprint density at radius 3 is 1.64 bits per heavy atom. The lowest BCUT2D eigenvalue weighted by Gasteiger charge is -2.29. The molecule has 3 aliphatic rings. The van der Waals surface area contributed by atoms with Gasteiger partial charge in [-0.25, -0.2) is 9.59 Å². The van der Waals surface area contributed by atoms with Crippen LogP contribution in [0.3, 0.4) is 0 Å². The van der Waals surface area contributed by atoms with Gasteiger partial charge in [0, 0.05) is 36.5 Å². The summed E-state index contributed by atoms with van der Waals surface area (Å²) >= 11 is 0. The topological polar surface area (TPSA) is 199 Å². The van der Waals surface area contributed by atoms with Gasteiger partial charge < -0.3 is 46.2 Å². The molecule has 6 amide bonds. The summed E-state index contributed by atoms with van der Waals surface area (Å²) < 4.78 is 4.64. The van der Waals surface area contributed by atoms with Crippen LogP contribution in [-0.2, 0) is 23.9 Å². The number of alkyl carbamates (subject to hydrolysis) is 1. The van der Waals surface area contributed by atoms with Crippen molar-refractivity contribution >= 4 is 47.2 Å². The van der Waals surface area contributed by atoms with Crippen molar-refractivity contribution in [3.05, 3.63) is 59.7 Å². The molecule has 0 bridgehead atoms. The summed E-state index contributed by atoms with van der Waals surface area (Å²) in [6.07, 6.45) is 2.62. The standard InChI is InChI=1S/C38H51N7O8/c1-5-27(42-38(52)53-4)35(48)44-20-6-8-30(44)33(46)39-25-14-10-23(11-15-25)28-18-19-29(41-28)24-12-16-26(17-13-24)40-34(47)31-9-7-21-45(31)36(49)32(22(2)3)43-37(50)51/h10-17,22,27-32,41,43H,5-9,18-21H2,1-4H3,(H,39,46)(H,40,47)(H,42,52)(H,50,51)/t27-,28-,29-,30-,31-,32?/m0/s1. The number of benzene rings is 2. The zero-order valence-corrected chi connectivity index (χ0v) is 30.7. The van der Waals surface area contributed by atoms with E-state index in [1.54, 1.807) is 20.8 Å². The highest BCUT2D eigenvalue weighted by Crippen LogP contribution is 2.35. The van der Waals surface area contributed by atoms with Crippen LogP contribution in [0, 0.1) is 5.92 Å². The first-order valence-electron chi connectivity index (χ1n) is 18.4. The SMILES string of the molecule is CC[C@H](NC(=O)OC)C(=O)N1CCC[C@H]1C(=O)Nc1ccc([C@@H]2CC[C@@H](c3ccc(NC(=O)[C@@H]4CCCN4C(=O)C(NC(=O)O)C(C)C)cc3)N2)cc1. The minimum Gasteiger partial charge on any atom is -0.465 e. The van der Waals surface area contributed by atoms with Crippen LogP contribution in [0.2, 0.25) is 0 Å². The van der Waals surface area contributed by atoms with E-state index in [4.69, 9.17) is 0 Å². The van der Waals surface area contributed by atoms with E-state index in [1.165, 1.54) is 16.9 Å². The van der Waals surface area contributed by atoms with Gasteiger partial charge in [-0.15, -0.1) is 0 Å². The van der Waals surface area contributed by atoms with Gasteiger partial charge in [0.2, 0.25) is 23.6 Å². The first-order valence-corrected chi connectivity index (χ1v) is 18.4. The van der Waals surface area contributed by atoms with Crippen molar-refractivity contribution in [3.63, 3.8) is 0 Å². The molecule has 0 aromatic heterocycles. The first-order chi connectivity index (χ1) is 25.4. The normalized spacial score (nSPS) is 22.2. The van der Waals surface area contributed by atoms with E-state index in [0.717, 1.165) is 24.0 Å². The van der Waals surface area contributed by atoms with Crippen LogP contribution in [-0.4, -0.2) is 95.1 Å². The summed E-state index contributed by atoms with van der Waals surface area (Å²) in [7, 11) is 1.24. The van der Waals surface area contributed by atoms with Crippen molar-refractivity contribution < 1.29 is 38.6 Å². The number of carboxylic acid groups (broad SMARTS) is 1. The van der Waals surface area contributed by atoms with Crippen LogP contribution in [0.15, 0.2) is 48.5 Å². The predicted octanol–water partition coefficient (Wildman–Crippen LogP) is 4.14. The molecule has 0 radical (unpaired) electrons. The minimum absolute atomic E-state index is 0.105. The maximum absolute atomic E-state index is 13.2. The number of nitrogens with zero attached hydrogens (tertiary/aromatic N) is 2. The Morgan fingerprint density at radius 1 is 0.755 bits per heavy atom. The summed E-state index contributed by atoms with van der Waals surface area (Å²) in [5, 5.41) is 23.6. The van der Waals surface area contributed by atoms with Gasteiger partial charge in [0.25, 0.3) is 0 Å². The number of ether oxygens (including phenoxy) is 1.